The second-order valence-corrected chi connectivity index (χ2v) is 5.19. The maximum absolute atomic E-state index is 4.40. The molecule has 0 aliphatic carbocycles. The summed E-state index contributed by atoms with van der Waals surface area (Å²) < 4.78 is 6.34. The van der Waals surface area contributed by atoms with Crippen LogP contribution in [-0.2, 0) is 0 Å². The largest absolute Gasteiger partial charge is 0.378 e. The van der Waals surface area contributed by atoms with Crippen LogP contribution in [0.1, 0.15) is 17.1 Å². The molecule has 0 saturated heterocycles. The van der Waals surface area contributed by atoms with Gasteiger partial charge in [0, 0.05) is 18.4 Å². The second-order valence-electron chi connectivity index (χ2n) is 4.42. The first kappa shape index (κ1) is 12.0. The summed E-state index contributed by atoms with van der Waals surface area (Å²) in [5.74, 6) is 1.41. The fraction of sp³-hybridized carbons (Fsp3) is 0.333. The van der Waals surface area contributed by atoms with Gasteiger partial charge in [-0.05, 0) is 38.4 Å². The molecule has 3 heterocycles. The van der Waals surface area contributed by atoms with Gasteiger partial charge in [0.15, 0.2) is 5.82 Å². The monoisotopic (exact) mass is 274 g/mol. The molecular formula is C12H14N6S. The van der Waals surface area contributed by atoms with Crippen molar-refractivity contribution in [2.45, 2.75) is 20.8 Å². The molecule has 0 spiro atoms. The molecule has 0 fully saturated rings. The molecule has 3 aromatic heterocycles. The zero-order valence-corrected chi connectivity index (χ0v) is 12.0. The second kappa shape index (κ2) is 4.27. The SMILES string of the molecule is CNc1snc(C)c1-c1nnc2nc(C)cc(C)n12. The molecule has 98 valence electrons. The Bertz CT molecular complexity index is 757. The van der Waals surface area contributed by atoms with Crippen LogP contribution in [0.25, 0.3) is 17.2 Å². The highest BCUT2D eigenvalue weighted by Gasteiger charge is 2.19. The molecule has 0 aromatic carbocycles. The van der Waals surface area contributed by atoms with Crippen LogP contribution in [0.5, 0.6) is 0 Å². The highest BCUT2D eigenvalue weighted by molar-refractivity contribution is 7.10. The Kier molecular flexibility index (Phi) is 2.70. The predicted molar refractivity (Wildman–Crippen MR) is 75.6 cm³/mol. The summed E-state index contributed by atoms with van der Waals surface area (Å²) in [7, 11) is 1.88. The molecule has 6 nitrogen and oxygen atoms in total. The van der Waals surface area contributed by atoms with E-state index in [1.807, 2.05) is 38.3 Å². The average molecular weight is 274 g/mol. The maximum Gasteiger partial charge on any atom is 0.255 e. The number of nitrogens with one attached hydrogen (secondary N) is 1. The lowest BCUT2D eigenvalue weighted by Crippen LogP contribution is -1.99. The van der Waals surface area contributed by atoms with Crippen LogP contribution < -0.4 is 5.32 Å². The number of nitrogens with zero attached hydrogens (tertiary/aromatic N) is 5. The van der Waals surface area contributed by atoms with E-state index in [2.05, 4.69) is 24.9 Å². The van der Waals surface area contributed by atoms with E-state index in [4.69, 9.17) is 0 Å². The van der Waals surface area contributed by atoms with Gasteiger partial charge >= 0.3 is 0 Å². The van der Waals surface area contributed by atoms with E-state index in [1.54, 1.807) is 0 Å². The zero-order valence-electron chi connectivity index (χ0n) is 11.2. The molecule has 0 saturated carbocycles. The Morgan fingerprint density at radius 3 is 2.74 bits per heavy atom. The molecule has 0 amide bonds. The lowest BCUT2D eigenvalue weighted by molar-refractivity contribution is 1.02. The molecule has 0 radical (unpaired) electrons. The smallest absolute Gasteiger partial charge is 0.255 e. The van der Waals surface area contributed by atoms with Crippen molar-refractivity contribution >= 4 is 22.3 Å². The summed E-state index contributed by atoms with van der Waals surface area (Å²) >= 11 is 1.43. The number of rotatable bonds is 2. The zero-order chi connectivity index (χ0) is 13.6. The van der Waals surface area contributed by atoms with Gasteiger partial charge in [-0.15, -0.1) is 10.2 Å². The molecule has 3 rings (SSSR count). The van der Waals surface area contributed by atoms with Crippen LogP contribution in [0, 0.1) is 20.8 Å². The summed E-state index contributed by atoms with van der Waals surface area (Å²) in [5, 5.41) is 12.6. The summed E-state index contributed by atoms with van der Waals surface area (Å²) in [6.07, 6.45) is 0. The van der Waals surface area contributed by atoms with Crippen molar-refractivity contribution in [3.05, 3.63) is 23.1 Å². The Hall–Kier alpha value is -2.02. The lowest BCUT2D eigenvalue weighted by atomic mass is 10.2. The van der Waals surface area contributed by atoms with Gasteiger partial charge in [0.1, 0.15) is 5.00 Å². The highest BCUT2D eigenvalue weighted by Crippen LogP contribution is 2.33. The third-order valence-corrected chi connectivity index (χ3v) is 3.96. The summed E-state index contributed by atoms with van der Waals surface area (Å²) in [5.41, 5.74) is 3.95. The highest BCUT2D eigenvalue weighted by atomic mass is 32.1. The number of aromatic nitrogens is 5. The molecule has 7 heteroatoms. The Morgan fingerprint density at radius 1 is 1.21 bits per heavy atom. The van der Waals surface area contributed by atoms with Gasteiger partial charge in [-0.2, -0.15) is 4.37 Å². The van der Waals surface area contributed by atoms with Crippen molar-refractivity contribution in [2.24, 2.45) is 0 Å². The van der Waals surface area contributed by atoms with Gasteiger partial charge in [-0.25, -0.2) is 4.98 Å². The van der Waals surface area contributed by atoms with E-state index in [9.17, 15) is 0 Å². The van der Waals surface area contributed by atoms with E-state index < -0.39 is 0 Å². The number of hydrogen-bond donors (Lipinski definition) is 1. The van der Waals surface area contributed by atoms with Crippen LogP contribution in [-0.4, -0.2) is 31.0 Å². The van der Waals surface area contributed by atoms with Crippen molar-refractivity contribution < 1.29 is 0 Å². The van der Waals surface area contributed by atoms with E-state index in [1.165, 1.54) is 11.5 Å². The van der Waals surface area contributed by atoms with Crippen molar-refractivity contribution in [1.82, 2.24) is 24.0 Å². The topological polar surface area (TPSA) is 68.0 Å². The molecule has 0 bridgehead atoms. The molecule has 0 aliphatic rings. The standard InChI is InChI=1S/C12H14N6S/c1-6-5-7(2)18-10(15-16-12(18)14-6)9-8(3)17-19-11(9)13-4/h5,13H,1-4H3. The van der Waals surface area contributed by atoms with Crippen LogP contribution in [0.4, 0.5) is 5.00 Å². The van der Waals surface area contributed by atoms with Gasteiger partial charge in [-0.3, -0.25) is 4.40 Å². The predicted octanol–water partition coefficient (Wildman–Crippen LogP) is 2.21. The molecule has 3 aromatic rings. The first-order valence-electron chi connectivity index (χ1n) is 5.95. The van der Waals surface area contributed by atoms with Gasteiger partial charge < -0.3 is 5.32 Å². The Balaban J connectivity index is 2.34. The molecule has 0 unspecified atom stereocenters. The number of hydrogen-bond acceptors (Lipinski definition) is 6. The minimum Gasteiger partial charge on any atom is -0.378 e. The van der Waals surface area contributed by atoms with Gasteiger partial charge in [0.05, 0.1) is 11.3 Å². The van der Waals surface area contributed by atoms with Gasteiger partial charge in [0.2, 0.25) is 0 Å². The van der Waals surface area contributed by atoms with E-state index >= 15 is 0 Å². The van der Waals surface area contributed by atoms with Crippen molar-refractivity contribution in [2.75, 3.05) is 12.4 Å². The van der Waals surface area contributed by atoms with Crippen molar-refractivity contribution in [3.63, 3.8) is 0 Å². The van der Waals surface area contributed by atoms with E-state index in [-0.39, 0.29) is 0 Å². The first-order valence-corrected chi connectivity index (χ1v) is 6.73. The average Bonchev–Trinajstić information content (AvgIpc) is 2.92. The maximum atomic E-state index is 4.40. The van der Waals surface area contributed by atoms with Crippen LogP contribution in [0.15, 0.2) is 6.07 Å². The first-order chi connectivity index (χ1) is 9.11. The minimum absolute atomic E-state index is 0.625. The fourth-order valence-corrected chi connectivity index (χ4v) is 2.94. The van der Waals surface area contributed by atoms with Crippen LogP contribution >= 0.6 is 11.5 Å². The number of anilines is 1. The summed E-state index contributed by atoms with van der Waals surface area (Å²) in [6.45, 7) is 5.96. The summed E-state index contributed by atoms with van der Waals surface area (Å²) in [4.78, 5) is 4.40. The minimum atomic E-state index is 0.625. The van der Waals surface area contributed by atoms with Crippen LogP contribution in [0.3, 0.4) is 0 Å². The Morgan fingerprint density at radius 2 is 2.00 bits per heavy atom. The van der Waals surface area contributed by atoms with Gasteiger partial charge in [0.25, 0.3) is 5.78 Å². The molecule has 1 N–H and O–H groups in total. The van der Waals surface area contributed by atoms with E-state index in [0.29, 0.717) is 5.78 Å². The lowest BCUT2D eigenvalue weighted by Gasteiger charge is -2.05. The fourth-order valence-electron chi connectivity index (χ4n) is 2.20. The number of aryl methyl sites for hydroxylation is 3. The van der Waals surface area contributed by atoms with Gasteiger partial charge in [-0.1, -0.05) is 0 Å². The van der Waals surface area contributed by atoms with Crippen LogP contribution in [0.2, 0.25) is 0 Å². The quantitative estimate of drug-likeness (QED) is 0.776. The third-order valence-electron chi connectivity index (χ3n) is 3.01. The normalized spacial score (nSPS) is 11.2. The molecular weight excluding hydrogens is 260 g/mol. The van der Waals surface area contributed by atoms with E-state index in [0.717, 1.165) is 33.5 Å². The molecule has 0 atom stereocenters. The summed E-state index contributed by atoms with van der Waals surface area (Å²) in [6, 6.07) is 2.02. The Labute approximate surface area is 114 Å². The third kappa shape index (κ3) is 1.77. The number of fused-ring (bicyclic) bond motifs is 1. The van der Waals surface area contributed by atoms with Crippen molar-refractivity contribution in [1.29, 1.82) is 0 Å². The van der Waals surface area contributed by atoms with Crippen molar-refractivity contribution in [3.8, 4) is 11.4 Å². The molecule has 0 aliphatic heterocycles. The molecule has 19 heavy (non-hydrogen) atoms.